The number of nitrogens with zero attached hydrogens (tertiary/aromatic N) is 1. The summed E-state index contributed by atoms with van der Waals surface area (Å²) >= 11 is 6.05. The van der Waals surface area contributed by atoms with E-state index in [-0.39, 0.29) is 0 Å². The van der Waals surface area contributed by atoms with Gasteiger partial charge in [0.15, 0.2) is 0 Å². The predicted octanol–water partition coefficient (Wildman–Crippen LogP) is 7.13. The zero-order valence-corrected chi connectivity index (χ0v) is 19.6. The second-order valence-electron chi connectivity index (χ2n) is 8.39. The number of benzene rings is 1. The molecule has 0 saturated heterocycles. The van der Waals surface area contributed by atoms with Crippen molar-refractivity contribution in [1.29, 1.82) is 0 Å². The van der Waals surface area contributed by atoms with E-state index in [4.69, 9.17) is 11.6 Å². The highest BCUT2D eigenvalue weighted by Crippen LogP contribution is 2.28. The Bertz CT molecular complexity index is 715. The minimum absolute atomic E-state index is 0.472. The Kier molecular flexibility index (Phi) is 9.87. The first kappa shape index (κ1) is 23.6. The number of allylic oxidation sites excluding steroid dienone is 4. The summed E-state index contributed by atoms with van der Waals surface area (Å²) in [6.45, 7) is 16.5. The maximum atomic E-state index is 6.05. The molecule has 1 aromatic carbocycles. The van der Waals surface area contributed by atoms with Gasteiger partial charge in [-0.25, -0.2) is 0 Å². The quantitative estimate of drug-likeness (QED) is 0.366. The molecule has 0 aromatic heterocycles. The SMILES string of the molecule is C=C(NCCCC)C(C)CCN(CCc1ccc(Cl)cc1)C1=CCCC(C)=C1C. The van der Waals surface area contributed by atoms with Crippen molar-refractivity contribution in [2.75, 3.05) is 19.6 Å². The summed E-state index contributed by atoms with van der Waals surface area (Å²) in [6, 6.07) is 8.27. The molecular formula is C26H39ClN2. The van der Waals surface area contributed by atoms with Crippen molar-refractivity contribution in [3.63, 3.8) is 0 Å². The van der Waals surface area contributed by atoms with Crippen LogP contribution in [0, 0.1) is 5.92 Å². The molecule has 2 rings (SSSR count). The summed E-state index contributed by atoms with van der Waals surface area (Å²) in [4.78, 5) is 2.59. The van der Waals surface area contributed by atoms with Gasteiger partial charge in [0.1, 0.15) is 0 Å². The predicted molar refractivity (Wildman–Crippen MR) is 128 cm³/mol. The molecule has 3 heteroatoms. The van der Waals surface area contributed by atoms with E-state index in [0.29, 0.717) is 5.92 Å². The van der Waals surface area contributed by atoms with Crippen LogP contribution in [0.4, 0.5) is 0 Å². The molecule has 0 saturated carbocycles. The molecule has 1 aromatic rings. The van der Waals surface area contributed by atoms with Crippen molar-refractivity contribution in [1.82, 2.24) is 10.2 Å². The molecule has 160 valence electrons. The van der Waals surface area contributed by atoms with Gasteiger partial charge in [-0.2, -0.15) is 0 Å². The average molecular weight is 415 g/mol. The molecule has 0 fully saturated rings. The fourth-order valence-electron chi connectivity index (χ4n) is 3.74. The van der Waals surface area contributed by atoms with Gasteiger partial charge in [0, 0.05) is 36.1 Å². The first-order valence-corrected chi connectivity index (χ1v) is 11.6. The zero-order valence-electron chi connectivity index (χ0n) is 18.9. The fourth-order valence-corrected chi connectivity index (χ4v) is 3.87. The minimum atomic E-state index is 0.472. The molecule has 0 radical (unpaired) electrons. The maximum absolute atomic E-state index is 6.05. The Balaban J connectivity index is 2.01. The summed E-state index contributed by atoms with van der Waals surface area (Å²) < 4.78 is 0. The van der Waals surface area contributed by atoms with Gasteiger partial charge in [-0.15, -0.1) is 0 Å². The summed E-state index contributed by atoms with van der Waals surface area (Å²) in [5.41, 5.74) is 6.93. The summed E-state index contributed by atoms with van der Waals surface area (Å²) in [7, 11) is 0. The van der Waals surface area contributed by atoms with Crippen LogP contribution in [-0.2, 0) is 6.42 Å². The molecule has 0 heterocycles. The van der Waals surface area contributed by atoms with Gasteiger partial charge in [-0.3, -0.25) is 0 Å². The lowest BCUT2D eigenvalue weighted by Gasteiger charge is -2.32. The highest BCUT2D eigenvalue weighted by atomic mass is 35.5. The van der Waals surface area contributed by atoms with Gasteiger partial charge in [-0.05, 0) is 75.1 Å². The second-order valence-corrected chi connectivity index (χ2v) is 8.83. The fraction of sp³-hybridized carbons (Fsp3) is 0.538. The lowest BCUT2D eigenvalue weighted by molar-refractivity contribution is 0.325. The third-order valence-corrected chi connectivity index (χ3v) is 6.37. The standard InChI is InChI=1S/C26H39ClN2/c1-6-7-17-28-23(5)21(3)15-18-29(26-10-8-9-20(2)22(26)4)19-16-24-11-13-25(27)14-12-24/h10-14,21,28H,5-9,15-19H2,1-4H3. The van der Waals surface area contributed by atoms with E-state index in [9.17, 15) is 0 Å². The van der Waals surface area contributed by atoms with Crippen LogP contribution in [0.15, 0.2) is 59.5 Å². The molecule has 0 amide bonds. The number of rotatable bonds is 12. The van der Waals surface area contributed by atoms with Gasteiger partial charge in [0.2, 0.25) is 0 Å². The Morgan fingerprint density at radius 3 is 2.62 bits per heavy atom. The molecule has 2 nitrogen and oxygen atoms in total. The third kappa shape index (κ3) is 7.59. The van der Waals surface area contributed by atoms with E-state index in [1.807, 2.05) is 12.1 Å². The first-order valence-electron chi connectivity index (χ1n) is 11.2. The van der Waals surface area contributed by atoms with E-state index >= 15 is 0 Å². The highest BCUT2D eigenvalue weighted by molar-refractivity contribution is 6.30. The lowest BCUT2D eigenvalue weighted by atomic mass is 9.95. The topological polar surface area (TPSA) is 15.3 Å². The number of halogens is 1. The summed E-state index contributed by atoms with van der Waals surface area (Å²) in [5.74, 6) is 0.472. The van der Waals surface area contributed by atoms with Crippen LogP contribution >= 0.6 is 11.6 Å². The zero-order chi connectivity index (χ0) is 21.2. The third-order valence-electron chi connectivity index (χ3n) is 6.12. The Hall–Kier alpha value is -1.67. The van der Waals surface area contributed by atoms with Gasteiger partial charge >= 0.3 is 0 Å². The van der Waals surface area contributed by atoms with Crippen LogP contribution in [-0.4, -0.2) is 24.5 Å². The van der Waals surface area contributed by atoms with Crippen molar-refractivity contribution in [3.05, 3.63) is 70.0 Å². The lowest BCUT2D eigenvalue weighted by Crippen LogP contribution is -2.30. The molecule has 1 atom stereocenters. The molecule has 1 N–H and O–H groups in total. The normalized spacial score (nSPS) is 15.1. The largest absolute Gasteiger partial charge is 0.389 e. The molecule has 1 aliphatic rings. The van der Waals surface area contributed by atoms with Crippen molar-refractivity contribution >= 4 is 11.6 Å². The Morgan fingerprint density at radius 1 is 1.21 bits per heavy atom. The van der Waals surface area contributed by atoms with Crippen molar-refractivity contribution in [2.45, 2.75) is 66.2 Å². The van der Waals surface area contributed by atoms with E-state index in [1.54, 1.807) is 0 Å². The highest BCUT2D eigenvalue weighted by Gasteiger charge is 2.18. The van der Waals surface area contributed by atoms with Gasteiger partial charge in [0.05, 0.1) is 0 Å². The van der Waals surface area contributed by atoms with Crippen LogP contribution in [0.25, 0.3) is 0 Å². The summed E-state index contributed by atoms with van der Waals surface area (Å²) in [6.07, 6.45) is 9.34. The Labute approximate surface area is 183 Å². The van der Waals surface area contributed by atoms with Crippen LogP contribution < -0.4 is 5.32 Å². The van der Waals surface area contributed by atoms with Crippen molar-refractivity contribution < 1.29 is 0 Å². The molecule has 0 aliphatic heterocycles. The van der Waals surface area contributed by atoms with E-state index < -0.39 is 0 Å². The van der Waals surface area contributed by atoms with Gasteiger partial charge < -0.3 is 10.2 Å². The maximum Gasteiger partial charge on any atom is 0.0406 e. The van der Waals surface area contributed by atoms with Crippen LogP contribution in [0.5, 0.6) is 0 Å². The first-order chi connectivity index (χ1) is 13.9. The second kappa shape index (κ2) is 12.1. The molecule has 1 unspecified atom stereocenters. The van der Waals surface area contributed by atoms with E-state index in [1.165, 1.54) is 47.4 Å². The van der Waals surface area contributed by atoms with E-state index in [2.05, 4.69) is 62.7 Å². The van der Waals surface area contributed by atoms with Crippen LogP contribution in [0.1, 0.15) is 65.4 Å². The monoisotopic (exact) mass is 414 g/mol. The van der Waals surface area contributed by atoms with Crippen LogP contribution in [0.3, 0.4) is 0 Å². The Morgan fingerprint density at radius 2 is 1.93 bits per heavy atom. The minimum Gasteiger partial charge on any atom is -0.389 e. The molecule has 29 heavy (non-hydrogen) atoms. The number of hydrogen-bond donors (Lipinski definition) is 1. The smallest absolute Gasteiger partial charge is 0.0406 e. The molecular weight excluding hydrogens is 376 g/mol. The van der Waals surface area contributed by atoms with Crippen LogP contribution in [0.2, 0.25) is 5.02 Å². The molecule has 0 bridgehead atoms. The van der Waals surface area contributed by atoms with Crippen molar-refractivity contribution in [3.8, 4) is 0 Å². The van der Waals surface area contributed by atoms with Crippen molar-refractivity contribution in [2.24, 2.45) is 5.92 Å². The molecule has 0 spiro atoms. The van der Waals surface area contributed by atoms with E-state index in [0.717, 1.165) is 43.9 Å². The average Bonchev–Trinajstić information content (AvgIpc) is 2.71. The van der Waals surface area contributed by atoms with Gasteiger partial charge in [0.25, 0.3) is 0 Å². The number of unbranched alkanes of at least 4 members (excludes halogenated alkanes) is 1. The number of hydrogen-bond acceptors (Lipinski definition) is 2. The van der Waals surface area contributed by atoms with Gasteiger partial charge in [-0.1, -0.05) is 62.2 Å². The summed E-state index contributed by atoms with van der Waals surface area (Å²) in [5, 5.41) is 4.32. The number of nitrogens with one attached hydrogen (secondary N) is 1. The molecule has 1 aliphatic carbocycles.